The first kappa shape index (κ1) is 30.4. The normalized spacial score (nSPS) is 31.4. The van der Waals surface area contributed by atoms with E-state index in [9.17, 15) is 57.6 Å². The summed E-state index contributed by atoms with van der Waals surface area (Å²) in [6.07, 6.45) is -13.3. The molecule has 4 N–H and O–H groups in total. The van der Waals surface area contributed by atoms with Crippen molar-refractivity contribution in [3.8, 4) is 0 Å². The van der Waals surface area contributed by atoms with Crippen molar-refractivity contribution in [1.29, 1.82) is 0 Å². The molecule has 11 nitrogen and oxygen atoms in total. The molecule has 0 spiro atoms. The van der Waals surface area contributed by atoms with E-state index in [4.69, 9.17) is 9.47 Å². The summed E-state index contributed by atoms with van der Waals surface area (Å²) in [5.41, 5.74) is -11.2. The smallest absolute Gasteiger partial charge is 0.454 e. The van der Waals surface area contributed by atoms with Crippen LogP contribution in [0.2, 0.25) is 0 Å². The van der Waals surface area contributed by atoms with Gasteiger partial charge in [0, 0.05) is 6.08 Å². The van der Waals surface area contributed by atoms with Gasteiger partial charge < -0.3 is 29.9 Å². The van der Waals surface area contributed by atoms with E-state index < -0.39 is 76.2 Å². The van der Waals surface area contributed by atoms with Crippen LogP contribution in [0.5, 0.6) is 0 Å². The molecule has 15 heteroatoms. The highest BCUT2D eigenvalue weighted by atomic mass is 32.1. The fourth-order valence-electron chi connectivity index (χ4n) is 3.94. The third-order valence-electron chi connectivity index (χ3n) is 5.95. The number of carbonyl (C=O) groups is 5. The predicted octanol–water partition coefficient (Wildman–Crippen LogP) is -0.128. The average Bonchev–Trinajstić information content (AvgIpc) is 3.31. The first-order chi connectivity index (χ1) is 16.8. The van der Waals surface area contributed by atoms with Gasteiger partial charge in [0.05, 0.1) is 4.88 Å². The van der Waals surface area contributed by atoms with Crippen LogP contribution < -0.4 is 0 Å². The summed E-state index contributed by atoms with van der Waals surface area (Å²) in [6, 6.07) is 2.50. The fourth-order valence-corrected chi connectivity index (χ4v) is 4.62. The van der Waals surface area contributed by atoms with Crippen molar-refractivity contribution in [2.45, 2.75) is 69.2 Å². The number of halogens is 3. The standard InChI is InChI=1S/C22H23F3O11S/c1-9(26)16(31)17-19(32,10(2)27)21(34,12(4)29)20(33,11(3)28)18(36-17)35-13(14-6-5-7-37-14)8-15(30)22(23,24)25/h5-8,16-18,31-34H,1-4H3/t16?,17-,18?,19-,20-,21-/m0/s1. The minimum absolute atomic E-state index is 0.0647. The third-order valence-corrected chi connectivity index (χ3v) is 6.84. The van der Waals surface area contributed by atoms with Crippen LogP contribution >= 0.6 is 11.3 Å². The summed E-state index contributed by atoms with van der Waals surface area (Å²) < 4.78 is 49.4. The number of hydrogen-bond donors (Lipinski definition) is 4. The van der Waals surface area contributed by atoms with Gasteiger partial charge in [-0.2, -0.15) is 13.2 Å². The summed E-state index contributed by atoms with van der Waals surface area (Å²) in [4.78, 5) is 61.4. The Bertz CT molecular complexity index is 1150. The lowest BCUT2D eigenvalue weighted by atomic mass is 9.60. The van der Waals surface area contributed by atoms with E-state index in [-0.39, 0.29) is 11.0 Å². The Morgan fingerprint density at radius 2 is 1.57 bits per heavy atom. The van der Waals surface area contributed by atoms with Crippen LogP contribution in [0.25, 0.3) is 5.76 Å². The van der Waals surface area contributed by atoms with Gasteiger partial charge in [0.1, 0.15) is 18.0 Å². The third kappa shape index (κ3) is 4.78. The van der Waals surface area contributed by atoms with Crippen molar-refractivity contribution in [2.75, 3.05) is 0 Å². The van der Waals surface area contributed by atoms with E-state index in [1.807, 2.05) is 0 Å². The summed E-state index contributed by atoms with van der Waals surface area (Å²) in [5, 5.41) is 45.8. The van der Waals surface area contributed by atoms with Crippen molar-refractivity contribution in [3.63, 3.8) is 0 Å². The molecule has 1 fully saturated rings. The van der Waals surface area contributed by atoms with Gasteiger partial charge in [-0.1, -0.05) is 6.07 Å². The molecule has 37 heavy (non-hydrogen) atoms. The largest absolute Gasteiger partial charge is 0.459 e. The molecular formula is C22H23F3O11S. The lowest BCUT2D eigenvalue weighted by Crippen LogP contribution is -2.87. The quantitative estimate of drug-likeness (QED) is 0.236. The highest BCUT2D eigenvalue weighted by molar-refractivity contribution is 7.11. The molecular weight excluding hydrogens is 529 g/mol. The number of rotatable bonds is 9. The Morgan fingerprint density at radius 1 is 1.03 bits per heavy atom. The molecule has 1 aromatic rings. The molecule has 1 aromatic heterocycles. The topological polar surface area (TPSA) is 185 Å². The molecule has 0 aliphatic carbocycles. The molecule has 1 saturated heterocycles. The summed E-state index contributed by atoms with van der Waals surface area (Å²) in [7, 11) is 0. The van der Waals surface area contributed by atoms with Gasteiger partial charge in [0.2, 0.25) is 17.5 Å². The number of thiophene rings is 1. The van der Waals surface area contributed by atoms with Crippen LogP contribution in [-0.4, -0.2) is 90.8 Å². The lowest BCUT2D eigenvalue weighted by Gasteiger charge is -2.57. The van der Waals surface area contributed by atoms with Gasteiger partial charge in [0.25, 0.3) is 5.78 Å². The number of aliphatic hydroxyl groups excluding tert-OH is 1. The monoisotopic (exact) mass is 552 g/mol. The number of carbonyl (C=O) groups excluding carboxylic acids is 5. The van der Waals surface area contributed by atoms with E-state index >= 15 is 0 Å². The summed E-state index contributed by atoms with van der Waals surface area (Å²) in [6.45, 7) is 2.48. The molecule has 0 saturated carbocycles. The second-order valence-corrected chi connectivity index (χ2v) is 9.27. The Hall–Kier alpha value is -2.82. The predicted molar refractivity (Wildman–Crippen MR) is 117 cm³/mol. The van der Waals surface area contributed by atoms with E-state index in [2.05, 4.69) is 0 Å². The highest BCUT2D eigenvalue weighted by Gasteiger charge is 2.80. The number of hydrogen-bond acceptors (Lipinski definition) is 12. The van der Waals surface area contributed by atoms with Crippen LogP contribution in [-0.2, 0) is 33.4 Å². The van der Waals surface area contributed by atoms with Crippen molar-refractivity contribution >= 4 is 46.0 Å². The van der Waals surface area contributed by atoms with Gasteiger partial charge in [-0.25, -0.2) is 0 Å². The maximum absolute atomic E-state index is 13.0. The minimum Gasteiger partial charge on any atom is -0.459 e. The zero-order valence-electron chi connectivity index (χ0n) is 19.7. The molecule has 2 rings (SSSR count). The van der Waals surface area contributed by atoms with Crippen LogP contribution in [0.15, 0.2) is 23.6 Å². The minimum atomic E-state index is -5.39. The number of Topliss-reactive ketones (excluding diaryl/α,β-unsaturated/α-hetero) is 4. The van der Waals surface area contributed by atoms with Gasteiger partial charge in [-0.15, -0.1) is 11.3 Å². The van der Waals surface area contributed by atoms with E-state index in [1.54, 1.807) is 0 Å². The first-order valence-corrected chi connectivity index (χ1v) is 11.2. The molecule has 1 aliphatic rings. The number of ketones is 5. The Morgan fingerprint density at radius 3 is 1.95 bits per heavy atom. The maximum atomic E-state index is 13.0. The fraction of sp³-hybridized carbons (Fsp3) is 0.500. The van der Waals surface area contributed by atoms with Crippen molar-refractivity contribution in [3.05, 3.63) is 28.5 Å². The second-order valence-electron chi connectivity index (χ2n) is 8.32. The van der Waals surface area contributed by atoms with Crippen LogP contribution in [0.4, 0.5) is 13.2 Å². The van der Waals surface area contributed by atoms with Gasteiger partial charge >= 0.3 is 6.18 Å². The summed E-state index contributed by atoms with van der Waals surface area (Å²) in [5.74, 6) is -9.32. The number of alkyl halides is 3. The van der Waals surface area contributed by atoms with Crippen molar-refractivity contribution in [1.82, 2.24) is 0 Å². The zero-order valence-corrected chi connectivity index (χ0v) is 20.5. The zero-order chi connectivity index (χ0) is 28.7. The molecule has 2 heterocycles. The molecule has 204 valence electrons. The van der Waals surface area contributed by atoms with E-state index in [0.717, 1.165) is 18.3 Å². The molecule has 0 amide bonds. The Kier molecular flexibility index (Phi) is 8.34. The Labute approximate surface area is 211 Å². The van der Waals surface area contributed by atoms with Crippen molar-refractivity contribution in [2.24, 2.45) is 0 Å². The van der Waals surface area contributed by atoms with Crippen LogP contribution in [0.3, 0.4) is 0 Å². The number of aliphatic hydroxyl groups is 4. The number of ether oxygens (including phenoxy) is 2. The Balaban J connectivity index is 2.88. The number of allylic oxidation sites excluding steroid dienone is 1. The van der Waals surface area contributed by atoms with Crippen molar-refractivity contribution < 1.29 is 67.0 Å². The van der Waals surface area contributed by atoms with E-state index in [1.165, 1.54) is 17.5 Å². The first-order valence-electron chi connectivity index (χ1n) is 10.3. The molecule has 2 unspecified atom stereocenters. The second kappa shape index (κ2) is 10.2. The van der Waals surface area contributed by atoms with Gasteiger partial charge in [-0.05, 0) is 39.1 Å². The molecule has 0 aromatic carbocycles. The van der Waals surface area contributed by atoms with Crippen LogP contribution in [0.1, 0.15) is 32.6 Å². The van der Waals surface area contributed by atoms with E-state index in [0.29, 0.717) is 20.8 Å². The lowest BCUT2D eigenvalue weighted by molar-refractivity contribution is -0.362. The molecule has 0 radical (unpaired) electrons. The highest BCUT2D eigenvalue weighted by Crippen LogP contribution is 2.49. The van der Waals surface area contributed by atoms with Gasteiger partial charge in [0.15, 0.2) is 28.7 Å². The maximum Gasteiger partial charge on any atom is 0.454 e. The molecule has 0 bridgehead atoms. The molecule has 1 aliphatic heterocycles. The van der Waals surface area contributed by atoms with Gasteiger partial charge in [-0.3, -0.25) is 24.0 Å². The molecule has 6 atom stereocenters. The summed E-state index contributed by atoms with van der Waals surface area (Å²) >= 11 is 0.732. The average molecular weight is 552 g/mol. The van der Waals surface area contributed by atoms with Crippen LogP contribution in [0, 0.1) is 0 Å². The SMILES string of the molecule is CC(=O)C(O)[C@@H]1OC(OC(=CC(=O)C(F)(F)F)c2cccs2)[C@@](O)(C(C)=O)[C@](O)(C(C)=O)[C@]1(O)C(C)=O.